The second-order valence-corrected chi connectivity index (χ2v) is 11.2. The summed E-state index contributed by atoms with van der Waals surface area (Å²) in [5, 5.41) is 0. The third-order valence-corrected chi connectivity index (χ3v) is 9.01. The van der Waals surface area contributed by atoms with Crippen LogP contribution in [0.2, 0.25) is 0 Å². The van der Waals surface area contributed by atoms with Gasteiger partial charge >= 0.3 is 0 Å². The Morgan fingerprint density at radius 3 is 2.35 bits per heavy atom. The van der Waals surface area contributed by atoms with Gasteiger partial charge in [0.1, 0.15) is 6.10 Å². The van der Waals surface area contributed by atoms with E-state index in [4.69, 9.17) is 9.47 Å². The summed E-state index contributed by atoms with van der Waals surface area (Å²) >= 11 is 0. The summed E-state index contributed by atoms with van der Waals surface area (Å²) in [7, 11) is 0. The molecule has 2 fully saturated rings. The van der Waals surface area contributed by atoms with Crippen molar-refractivity contribution in [3.63, 3.8) is 0 Å². The van der Waals surface area contributed by atoms with Crippen LogP contribution < -0.4 is 0 Å². The van der Waals surface area contributed by atoms with Gasteiger partial charge in [-0.05, 0) is 94.5 Å². The minimum atomic E-state index is -0.757. The van der Waals surface area contributed by atoms with Crippen molar-refractivity contribution in [2.24, 2.45) is 23.7 Å². The Kier molecular flexibility index (Phi) is 9.82. The molecular weight excluding hydrogens is 430 g/mol. The fourth-order valence-electron chi connectivity index (χ4n) is 6.87. The van der Waals surface area contributed by atoms with E-state index in [1.165, 1.54) is 70.6 Å². The molecule has 1 saturated carbocycles. The second kappa shape index (κ2) is 12.8. The number of hydrogen-bond acceptors (Lipinski definition) is 2. The van der Waals surface area contributed by atoms with Gasteiger partial charge in [0.15, 0.2) is 11.7 Å². The standard InChI is InChI=1S/C30H46F2O2/c1-3-5-6-7-21-8-10-22(11-9-21)23-12-14-24(15-13-23)27-18-16-25(20-34-27)26-17-19-28(33-4-2)30(32)29(26)31/h10,17,21,23-25,27-28H,3-9,11-16,18-20H2,1-2H3. The van der Waals surface area contributed by atoms with Gasteiger partial charge in [-0.2, -0.15) is 0 Å². The lowest BCUT2D eigenvalue weighted by Gasteiger charge is -2.39. The first-order valence-electron chi connectivity index (χ1n) is 14.3. The summed E-state index contributed by atoms with van der Waals surface area (Å²) < 4.78 is 40.7. The molecule has 0 bridgehead atoms. The number of halogens is 2. The molecular formula is C30H46F2O2. The van der Waals surface area contributed by atoms with E-state index in [9.17, 15) is 8.78 Å². The Hall–Kier alpha value is -1.00. The minimum absolute atomic E-state index is 0.0291. The molecule has 1 aliphatic heterocycles. The van der Waals surface area contributed by atoms with Gasteiger partial charge in [-0.1, -0.05) is 50.3 Å². The molecule has 0 aromatic rings. The lowest BCUT2D eigenvalue weighted by Crippen LogP contribution is -2.35. The lowest BCUT2D eigenvalue weighted by atomic mass is 9.72. The van der Waals surface area contributed by atoms with E-state index in [0.29, 0.717) is 31.1 Å². The first-order valence-corrected chi connectivity index (χ1v) is 14.3. The minimum Gasteiger partial charge on any atom is -0.377 e. The van der Waals surface area contributed by atoms with Crippen LogP contribution in [0.1, 0.15) is 104 Å². The molecule has 4 aliphatic rings. The molecule has 4 heteroatoms. The van der Waals surface area contributed by atoms with Crippen LogP contribution in [0.4, 0.5) is 8.78 Å². The summed E-state index contributed by atoms with van der Waals surface area (Å²) in [5.41, 5.74) is 2.25. The van der Waals surface area contributed by atoms with E-state index < -0.39 is 17.8 Å². The van der Waals surface area contributed by atoms with Gasteiger partial charge in [-0.15, -0.1) is 0 Å². The highest BCUT2D eigenvalue weighted by Crippen LogP contribution is 2.43. The molecule has 192 valence electrons. The average Bonchev–Trinajstić information content (AvgIpc) is 2.88. The summed E-state index contributed by atoms with van der Waals surface area (Å²) in [6.07, 6.45) is 20.9. The average molecular weight is 477 g/mol. The normalized spacial score (nSPS) is 35.2. The van der Waals surface area contributed by atoms with Gasteiger partial charge in [-0.25, -0.2) is 8.78 Å². The van der Waals surface area contributed by atoms with E-state index >= 15 is 0 Å². The summed E-state index contributed by atoms with van der Waals surface area (Å²) in [4.78, 5) is 0. The van der Waals surface area contributed by atoms with Crippen molar-refractivity contribution < 1.29 is 18.3 Å². The summed E-state index contributed by atoms with van der Waals surface area (Å²) in [5.74, 6) is 0.876. The zero-order valence-electron chi connectivity index (χ0n) is 21.5. The zero-order chi connectivity index (χ0) is 23.9. The molecule has 4 rings (SSSR count). The maximum atomic E-state index is 14.7. The largest absolute Gasteiger partial charge is 0.377 e. The number of allylic oxidation sites excluding steroid dienone is 3. The molecule has 0 aromatic carbocycles. The van der Waals surface area contributed by atoms with Gasteiger partial charge in [0.05, 0.1) is 12.7 Å². The number of ether oxygens (including phenoxy) is 2. The topological polar surface area (TPSA) is 18.5 Å². The molecule has 3 aliphatic carbocycles. The third kappa shape index (κ3) is 6.40. The van der Waals surface area contributed by atoms with Crippen LogP contribution in [0.3, 0.4) is 0 Å². The molecule has 2 nitrogen and oxygen atoms in total. The predicted octanol–water partition coefficient (Wildman–Crippen LogP) is 8.78. The lowest BCUT2D eigenvalue weighted by molar-refractivity contribution is -0.0506. The highest BCUT2D eigenvalue weighted by molar-refractivity contribution is 5.35. The van der Waals surface area contributed by atoms with Crippen molar-refractivity contribution >= 4 is 0 Å². The van der Waals surface area contributed by atoms with Crippen molar-refractivity contribution in [1.82, 2.24) is 0 Å². The number of hydrogen-bond donors (Lipinski definition) is 0. The van der Waals surface area contributed by atoms with Crippen LogP contribution in [0.15, 0.2) is 35.0 Å². The smallest absolute Gasteiger partial charge is 0.165 e. The van der Waals surface area contributed by atoms with E-state index in [-0.39, 0.29) is 12.0 Å². The van der Waals surface area contributed by atoms with Crippen LogP contribution in [0, 0.1) is 23.7 Å². The molecule has 4 unspecified atom stereocenters. The summed E-state index contributed by atoms with van der Waals surface area (Å²) in [6.45, 7) is 5.00. The van der Waals surface area contributed by atoms with Crippen molar-refractivity contribution in [1.29, 1.82) is 0 Å². The Labute approximate surface area is 206 Å². The maximum absolute atomic E-state index is 14.7. The monoisotopic (exact) mass is 476 g/mol. The van der Waals surface area contributed by atoms with E-state index in [2.05, 4.69) is 13.0 Å². The van der Waals surface area contributed by atoms with Crippen molar-refractivity contribution in [3.05, 3.63) is 35.0 Å². The van der Waals surface area contributed by atoms with Crippen molar-refractivity contribution in [2.45, 2.75) is 116 Å². The van der Waals surface area contributed by atoms with Gasteiger partial charge in [0.2, 0.25) is 0 Å². The van der Waals surface area contributed by atoms with E-state index in [1.807, 2.05) is 13.0 Å². The molecule has 0 aromatic heterocycles. The highest BCUT2D eigenvalue weighted by Gasteiger charge is 2.36. The van der Waals surface area contributed by atoms with Crippen LogP contribution >= 0.6 is 0 Å². The molecule has 4 atom stereocenters. The zero-order valence-corrected chi connectivity index (χ0v) is 21.5. The van der Waals surface area contributed by atoms with Crippen molar-refractivity contribution in [2.75, 3.05) is 13.2 Å². The summed E-state index contributed by atoms with van der Waals surface area (Å²) in [6, 6.07) is 0. The predicted molar refractivity (Wildman–Crippen MR) is 135 cm³/mol. The van der Waals surface area contributed by atoms with E-state index in [0.717, 1.165) is 24.7 Å². The molecule has 1 saturated heterocycles. The van der Waals surface area contributed by atoms with E-state index in [1.54, 1.807) is 5.57 Å². The Morgan fingerprint density at radius 1 is 0.912 bits per heavy atom. The van der Waals surface area contributed by atoms with Gasteiger partial charge in [0, 0.05) is 12.5 Å². The van der Waals surface area contributed by atoms with Crippen LogP contribution in [-0.4, -0.2) is 25.4 Å². The first-order chi connectivity index (χ1) is 16.6. The SMILES string of the molecule is CCCCCC1CC=C(C2CCC(C3CCC(C4=CCC(OCC)C(F)=C4F)CO3)CC2)CC1. The quantitative estimate of drug-likeness (QED) is 0.244. The van der Waals surface area contributed by atoms with Gasteiger partial charge in [-0.3, -0.25) is 0 Å². The Morgan fingerprint density at radius 2 is 1.71 bits per heavy atom. The molecule has 0 N–H and O–H groups in total. The van der Waals surface area contributed by atoms with Crippen LogP contribution in [-0.2, 0) is 9.47 Å². The molecule has 0 radical (unpaired) electrons. The highest BCUT2D eigenvalue weighted by atomic mass is 19.2. The Bertz CT molecular complexity index is 739. The first kappa shape index (κ1) is 26.1. The van der Waals surface area contributed by atoms with Gasteiger partial charge in [0.25, 0.3) is 0 Å². The molecule has 0 amide bonds. The molecule has 1 heterocycles. The fraction of sp³-hybridized carbons (Fsp3) is 0.800. The van der Waals surface area contributed by atoms with Gasteiger partial charge < -0.3 is 9.47 Å². The van der Waals surface area contributed by atoms with Crippen LogP contribution in [0.25, 0.3) is 0 Å². The van der Waals surface area contributed by atoms with Crippen LogP contribution in [0.5, 0.6) is 0 Å². The maximum Gasteiger partial charge on any atom is 0.165 e. The number of rotatable bonds is 9. The fourth-order valence-corrected chi connectivity index (χ4v) is 6.87. The second-order valence-electron chi connectivity index (χ2n) is 11.2. The molecule has 34 heavy (non-hydrogen) atoms. The molecule has 0 spiro atoms. The number of unbranched alkanes of at least 4 members (excludes halogenated alkanes) is 2. The van der Waals surface area contributed by atoms with Crippen molar-refractivity contribution in [3.8, 4) is 0 Å². The third-order valence-electron chi connectivity index (χ3n) is 9.01. The Balaban J connectivity index is 1.20.